The Morgan fingerprint density at radius 2 is 1.80 bits per heavy atom. The number of aromatic nitrogens is 2. The van der Waals surface area contributed by atoms with Crippen molar-refractivity contribution in [2.75, 3.05) is 72.9 Å². The number of aryl methyl sites for hydroxylation is 1. The molecule has 1 spiro atoms. The van der Waals surface area contributed by atoms with E-state index in [-0.39, 0.29) is 23.7 Å². The molecule has 10 heteroatoms. The minimum Gasteiger partial charge on any atom is -0.390 e. The second-order valence-corrected chi connectivity index (χ2v) is 13.2. The summed E-state index contributed by atoms with van der Waals surface area (Å²) in [6.07, 6.45) is 7.27. The largest absolute Gasteiger partial charge is 0.390 e. The predicted molar refractivity (Wildman–Crippen MR) is 160 cm³/mol. The SMILES string of the molecule is Cc1cc(NC(=O)c2ccc(NC3(CN4CC(O)C4)CC3)cc2N2CCC3(CC2)CC3)nc(N2CCO[C@H](C)C2)n1. The number of anilines is 4. The van der Waals surface area contributed by atoms with Crippen LogP contribution in [0.25, 0.3) is 0 Å². The topological polar surface area (TPSA) is 106 Å². The average Bonchev–Trinajstić information content (AvgIpc) is 3.86. The molecule has 2 saturated carbocycles. The molecule has 3 aliphatic heterocycles. The molecule has 1 aromatic heterocycles. The lowest BCUT2D eigenvalue weighted by Gasteiger charge is -2.39. The number of aliphatic hydroxyl groups is 1. The second-order valence-electron chi connectivity index (χ2n) is 13.2. The van der Waals surface area contributed by atoms with Crippen LogP contribution in [0.5, 0.6) is 0 Å². The highest BCUT2D eigenvalue weighted by atomic mass is 16.5. The summed E-state index contributed by atoms with van der Waals surface area (Å²) < 4.78 is 5.69. The van der Waals surface area contributed by atoms with E-state index < -0.39 is 0 Å². The second kappa shape index (κ2) is 10.4. The van der Waals surface area contributed by atoms with Crippen molar-refractivity contribution in [2.24, 2.45) is 5.41 Å². The highest BCUT2D eigenvalue weighted by molar-refractivity contribution is 6.08. The summed E-state index contributed by atoms with van der Waals surface area (Å²) >= 11 is 0. The van der Waals surface area contributed by atoms with E-state index in [1.807, 2.05) is 25.1 Å². The van der Waals surface area contributed by atoms with Gasteiger partial charge in [0.15, 0.2) is 0 Å². The first-order valence-electron chi connectivity index (χ1n) is 15.4. The number of nitrogens with zero attached hydrogens (tertiary/aromatic N) is 5. The van der Waals surface area contributed by atoms with Gasteiger partial charge in [-0.25, -0.2) is 4.98 Å². The van der Waals surface area contributed by atoms with Gasteiger partial charge in [0, 0.05) is 63.3 Å². The summed E-state index contributed by atoms with van der Waals surface area (Å²) in [6, 6.07) is 8.02. The number of likely N-dealkylation sites (tertiary alicyclic amines) is 1. The molecule has 5 aliphatic rings. The number of morpholine rings is 1. The van der Waals surface area contributed by atoms with Gasteiger partial charge in [-0.3, -0.25) is 9.69 Å². The molecule has 10 nitrogen and oxygen atoms in total. The highest BCUT2D eigenvalue weighted by Crippen LogP contribution is 2.54. The van der Waals surface area contributed by atoms with Gasteiger partial charge >= 0.3 is 0 Å². The van der Waals surface area contributed by atoms with Gasteiger partial charge in [-0.05, 0) is 76.0 Å². The zero-order valence-electron chi connectivity index (χ0n) is 24.4. The van der Waals surface area contributed by atoms with E-state index in [4.69, 9.17) is 9.72 Å². The summed E-state index contributed by atoms with van der Waals surface area (Å²) in [5.74, 6) is 1.01. The molecular formula is C31H43N7O3. The maximum atomic E-state index is 13.8. The van der Waals surface area contributed by atoms with Gasteiger partial charge in [-0.15, -0.1) is 0 Å². The van der Waals surface area contributed by atoms with Gasteiger partial charge in [0.05, 0.1) is 35.6 Å². The summed E-state index contributed by atoms with van der Waals surface area (Å²) in [4.78, 5) is 30.0. The Kier molecular flexibility index (Phi) is 6.83. The van der Waals surface area contributed by atoms with Gasteiger partial charge in [-0.1, -0.05) is 0 Å². The van der Waals surface area contributed by atoms with Crippen LogP contribution < -0.4 is 20.4 Å². The molecule has 0 unspecified atom stereocenters. The van der Waals surface area contributed by atoms with Crippen molar-refractivity contribution in [1.29, 1.82) is 0 Å². The van der Waals surface area contributed by atoms with Crippen LogP contribution >= 0.6 is 0 Å². The molecule has 1 aromatic carbocycles. The lowest BCUT2D eigenvalue weighted by molar-refractivity contribution is -0.00121. The first-order valence-corrected chi connectivity index (χ1v) is 15.4. The van der Waals surface area contributed by atoms with Crippen molar-refractivity contribution in [1.82, 2.24) is 14.9 Å². The third kappa shape index (κ3) is 5.87. The van der Waals surface area contributed by atoms with Crippen LogP contribution in [0.4, 0.5) is 23.1 Å². The van der Waals surface area contributed by atoms with E-state index in [0.717, 1.165) is 75.7 Å². The fourth-order valence-corrected chi connectivity index (χ4v) is 6.78. The predicted octanol–water partition coefficient (Wildman–Crippen LogP) is 3.26. The van der Waals surface area contributed by atoms with Crippen LogP contribution in [-0.2, 0) is 4.74 Å². The Morgan fingerprint density at radius 3 is 2.49 bits per heavy atom. The number of rotatable bonds is 8. The fraction of sp³-hybridized carbons (Fsp3) is 0.645. The van der Waals surface area contributed by atoms with Crippen molar-refractivity contribution in [2.45, 2.75) is 70.1 Å². The van der Waals surface area contributed by atoms with Crippen molar-refractivity contribution in [3.63, 3.8) is 0 Å². The Labute approximate surface area is 242 Å². The number of piperidine rings is 1. The Bertz CT molecular complexity index is 1290. The summed E-state index contributed by atoms with van der Waals surface area (Å²) in [6.45, 7) is 10.5. The molecule has 1 amide bonds. The van der Waals surface area contributed by atoms with E-state index >= 15 is 0 Å². The van der Waals surface area contributed by atoms with E-state index in [2.05, 4.69) is 43.3 Å². The van der Waals surface area contributed by atoms with Crippen LogP contribution in [0, 0.1) is 12.3 Å². The van der Waals surface area contributed by atoms with Gasteiger partial charge in [0.1, 0.15) is 5.82 Å². The molecular weight excluding hydrogens is 518 g/mol. The molecule has 220 valence electrons. The molecule has 1 atom stereocenters. The number of β-amino-alcohol motifs (C(OH)–C–C–N with tert-alkyl or cyclic N) is 1. The van der Waals surface area contributed by atoms with Gasteiger partial charge < -0.3 is 30.3 Å². The van der Waals surface area contributed by atoms with Crippen LogP contribution in [0.1, 0.15) is 61.5 Å². The van der Waals surface area contributed by atoms with Gasteiger partial charge in [-0.2, -0.15) is 4.98 Å². The maximum Gasteiger partial charge on any atom is 0.258 e. The standard InChI is InChI=1S/C31H43N7O3/c1-21-15-27(34-29(32-21)38-13-14-41-22(2)17-38)33-28(40)25-4-3-23(35-31(7-8-31)20-36-18-24(39)19-36)16-26(25)37-11-9-30(5-6-30)10-12-37/h3-4,15-16,22,24,35,39H,5-14,17-20H2,1-2H3,(H,32,33,34,40)/t22-/m1/s1. The number of benzene rings is 1. The first-order chi connectivity index (χ1) is 19.8. The third-order valence-corrected chi connectivity index (χ3v) is 9.70. The minimum absolute atomic E-state index is 0.0625. The molecule has 2 aliphatic carbocycles. The fourth-order valence-electron chi connectivity index (χ4n) is 6.78. The van der Waals surface area contributed by atoms with Crippen molar-refractivity contribution in [3.8, 4) is 0 Å². The number of carbonyl (C=O) groups is 1. The molecule has 5 fully saturated rings. The zero-order valence-corrected chi connectivity index (χ0v) is 24.4. The Balaban J connectivity index is 1.11. The lowest BCUT2D eigenvalue weighted by Crippen LogP contribution is -2.54. The van der Waals surface area contributed by atoms with Gasteiger partial charge in [0.2, 0.25) is 5.95 Å². The number of hydrogen-bond acceptors (Lipinski definition) is 9. The number of hydrogen-bond donors (Lipinski definition) is 3. The smallest absolute Gasteiger partial charge is 0.258 e. The number of ether oxygens (including phenoxy) is 1. The minimum atomic E-state index is -0.184. The summed E-state index contributed by atoms with van der Waals surface area (Å²) in [5, 5.41) is 16.6. The number of carbonyl (C=O) groups excluding carboxylic acids is 1. The van der Waals surface area contributed by atoms with Gasteiger partial charge in [0.25, 0.3) is 5.91 Å². The molecule has 3 N–H and O–H groups in total. The quantitative estimate of drug-likeness (QED) is 0.448. The van der Waals surface area contributed by atoms with Crippen LogP contribution in [-0.4, -0.2) is 96.0 Å². The summed E-state index contributed by atoms with van der Waals surface area (Å²) in [7, 11) is 0. The van der Waals surface area contributed by atoms with E-state index in [0.29, 0.717) is 29.4 Å². The Hall–Kier alpha value is -2.95. The first kappa shape index (κ1) is 26.9. The normalized spacial score (nSPS) is 25.1. The molecule has 41 heavy (non-hydrogen) atoms. The molecule has 7 rings (SSSR count). The third-order valence-electron chi connectivity index (χ3n) is 9.70. The van der Waals surface area contributed by atoms with Crippen molar-refractivity contribution in [3.05, 3.63) is 35.5 Å². The monoisotopic (exact) mass is 561 g/mol. The van der Waals surface area contributed by atoms with Crippen LogP contribution in [0.2, 0.25) is 0 Å². The Morgan fingerprint density at radius 1 is 1.02 bits per heavy atom. The highest BCUT2D eigenvalue weighted by Gasteiger charge is 2.47. The van der Waals surface area contributed by atoms with E-state index in [1.165, 1.54) is 25.7 Å². The number of amides is 1. The van der Waals surface area contributed by atoms with Crippen molar-refractivity contribution >= 4 is 29.0 Å². The lowest BCUT2D eigenvalue weighted by atomic mass is 9.93. The molecule has 3 saturated heterocycles. The van der Waals surface area contributed by atoms with Crippen molar-refractivity contribution < 1.29 is 14.6 Å². The number of aliphatic hydroxyl groups excluding tert-OH is 1. The van der Waals surface area contributed by atoms with E-state index in [9.17, 15) is 9.90 Å². The molecule has 4 heterocycles. The molecule has 0 radical (unpaired) electrons. The van der Waals surface area contributed by atoms with Crippen LogP contribution in [0.15, 0.2) is 24.3 Å². The molecule has 2 aromatic rings. The van der Waals surface area contributed by atoms with E-state index in [1.54, 1.807) is 0 Å². The molecule has 0 bridgehead atoms. The average molecular weight is 562 g/mol. The van der Waals surface area contributed by atoms with Crippen LogP contribution in [0.3, 0.4) is 0 Å². The summed E-state index contributed by atoms with van der Waals surface area (Å²) in [5.41, 5.74) is 4.16. The zero-order chi connectivity index (χ0) is 28.2. The maximum absolute atomic E-state index is 13.8. The number of nitrogens with one attached hydrogen (secondary N) is 2.